The molecule has 5 rings (SSSR count). The highest BCUT2D eigenvalue weighted by molar-refractivity contribution is 6.02. The average Bonchev–Trinajstić information content (AvgIpc) is 3.44. The Morgan fingerprint density at radius 2 is 1.69 bits per heavy atom. The van der Waals surface area contributed by atoms with E-state index >= 15 is 0 Å². The fourth-order valence-electron chi connectivity index (χ4n) is 5.17. The Hall–Kier alpha value is -4.72. The molecule has 0 radical (unpaired) electrons. The number of nitrogens with zero attached hydrogens (tertiary/aromatic N) is 4. The fourth-order valence-corrected chi connectivity index (χ4v) is 5.17. The second kappa shape index (κ2) is 10.9. The average molecular weight is 523 g/mol. The summed E-state index contributed by atoms with van der Waals surface area (Å²) in [6, 6.07) is 25.1. The minimum absolute atomic E-state index is 0.0864. The van der Waals surface area contributed by atoms with Gasteiger partial charge in [0.1, 0.15) is 12.6 Å². The van der Waals surface area contributed by atoms with Gasteiger partial charge in [-0.3, -0.25) is 24.6 Å². The number of nitro groups is 1. The number of carbonyl (C=O) groups is 2. The SMILES string of the molecule is CCCCN(CC(=O)N1c2ccccc2-n2cccc2C1c1cccc(C)c1)C(=O)c1ccc([N+](=O)[O-])cc1. The van der Waals surface area contributed by atoms with Crippen LogP contribution in [0.2, 0.25) is 0 Å². The molecule has 0 aliphatic carbocycles. The third-order valence-electron chi connectivity index (χ3n) is 7.07. The zero-order valence-corrected chi connectivity index (χ0v) is 22.0. The fraction of sp³-hybridized carbons (Fsp3) is 0.226. The van der Waals surface area contributed by atoms with Crippen molar-refractivity contribution in [3.05, 3.63) is 124 Å². The van der Waals surface area contributed by atoms with Crippen LogP contribution in [0.4, 0.5) is 11.4 Å². The molecule has 0 fully saturated rings. The smallest absolute Gasteiger partial charge is 0.269 e. The van der Waals surface area contributed by atoms with Gasteiger partial charge in [0.05, 0.1) is 22.0 Å². The third-order valence-corrected chi connectivity index (χ3v) is 7.07. The topological polar surface area (TPSA) is 88.7 Å². The molecule has 1 unspecified atom stereocenters. The van der Waals surface area contributed by atoms with Gasteiger partial charge in [0.25, 0.3) is 11.6 Å². The van der Waals surface area contributed by atoms with E-state index in [4.69, 9.17) is 0 Å². The number of hydrogen-bond acceptors (Lipinski definition) is 4. The molecule has 2 heterocycles. The molecule has 0 saturated carbocycles. The van der Waals surface area contributed by atoms with E-state index in [2.05, 4.69) is 10.6 Å². The van der Waals surface area contributed by atoms with Gasteiger partial charge in [-0.25, -0.2) is 0 Å². The van der Waals surface area contributed by atoms with Gasteiger partial charge in [0.2, 0.25) is 5.91 Å². The van der Waals surface area contributed by atoms with Gasteiger partial charge >= 0.3 is 0 Å². The summed E-state index contributed by atoms with van der Waals surface area (Å²) < 4.78 is 2.11. The van der Waals surface area contributed by atoms with Crippen LogP contribution in [0, 0.1) is 17.0 Å². The Morgan fingerprint density at radius 1 is 0.949 bits per heavy atom. The molecule has 8 nitrogen and oxygen atoms in total. The van der Waals surface area contributed by atoms with Crippen LogP contribution in [-0.2, 0) is 4.79 Å². The number of hydrogen-bond donors (Lipinski definition) is 0. The molecule has 1 aromatic heterocycles. The first-order chi connectivity index (χ1) is 18.9. The van der Waals surface area contributed by atoms with Crippen LogP contribution < -0.4 is 4.90 Å². The Labute approximate surface area is 227 Å². The number of nitro benzene ring substituents is 1. The van der Waals surface area contributed by atoms with Crippen molar-refractivity contribution < 1.29 is 14.5 Å². The standard InChI is InChI=1S/C31H30N4O4/c1-3-4-18-32(31(37)23-14-16-25(17-15-23)35(38)39)21-29(36)34-27-12-6-5-11-26(27)33-19-8-13-28(33)30(34)24-10-7-9-22(2)20-24/h5-17,19-20,30H,3-4,18,21H2,1-2H3. The third kappa shape index (κ3) is 5.05. The zero-order chi connectivity index (χ0) is 27.5. The van der Waals surface area contributed by atoms with E-state index in [1.807, 2.05) is 79.5 Å². The summed E-state index contributed by atoms with van der Waals surface area (Å²) in [4.78, 5) is 41.7. The predicted molar refractivity (Wildman–Crippen MR) is 150 cm³/mol. The van der Waals surface area contributed by atoms with E-state index < -0.39 is 4.92 Å². The molecule has 198 valence electrons. The lowest BCUT2D eigenvalue weighted by Gasteiger charge is -2.39. The lowest BCUT2D eigenvalue weighted by molar-refractivity contribution is -0.384. The van der Waals surface area contributed by atoms with Gasteiger partial charge in [0.15, 0.2) is 0 Å². The number of anilines is 1. The van der Waals surface area contributed by atoms with Crippen molar-refractivity contribution in [2.75, 3.05) is 18.0 Å². The minimum Gasteiger partial charge on any atom is -0.329 e. The van der Waals surface area contributed by atoms with Gasteiger partial charge in [-0.1, -0.05) is 55.3 Å². The van der Waals surface area contributed by atoms with Crippen LogP contribution in [0.25, 0.3) is 5.69 Å². The van der Waals surface area contributed by atoms with Crippen molar-refractivity contribution >= 4 is 23.2 Å². The molecule has 0 saturated heterocycles. The number of benzene rings is 3. The van der Waals surface area contributed by atoms with E-state index in [0.717, 1.165) is 41.0 Å². The molecule has 0 N–H and O–H groups in total. The first-order valence-electron chi connectivity index (χ1n) is 13.1. The monoisotopic (exact) mass is 522 g/mol. The van der Waals surface area contributed by atoms with Gasteiger partial charge in [-0.2, -0.15) is 0 Å². The molecule has 4 aromatic rings. The van der Waals surface area contributed by atoms with E-state index in [0.29, 0.717) is 12.1 Å². The molecule has 2 amide bonds. The molecule has 1 aliphatic rings. The maximum absolute atomic E-state index is 14.2. The first-order valence-corrected chi connectivity index (χ1v) is 13.1. The second-order valence-electron chi connectivity index (χ2n) is 9.76. The number of aromatic nitrogens is 1. The summed E-state index contributed by atoms with van der Waals surface area (Å²) in [6.07, 6.45) is 3.58. The number of para-hydroxylation sites is 2. The largest absolute Gasteiger partial charge is 0.329 e. The van der Waals surface area contributed by atoms with Crippen LogP contribution >= 0.6 is 0 Å². The van der Waals surface area contributed by atoms with Crippen molar-refractivity contribution in [3.63, 3.8) is 0 Å². The molecule has 1 aliphatic heterocycles. The molecule has 0 spiro atoms. The van der Waals surface area contributed by atoms with Gasteiger partial charge in [-0.15, -0.1) is 0 Å². The first kappa shape index (κ1) is 25.9. The van der Waals surface area contributed by atoms with Crippen LogP contribution in [-0.4, -0.2) is 39.3 Å². The number of non-ortho nitro benzene ring substituents is 1. The zero-order valence-electron chi connectivity index (χ0n) is 22.0. The van der Waals surface area contributed by atoms with Gasteiger partial charge < -0.3 is 9.47 Å². The number of carbonyl (C=O) groups excluding carboxylic acids is 2. The summed E-state index contributed by atoms with van der Waals surface area (Å²) in [5, 5.41) is 11.1. The van der Waals surface area contributed by atoms with E-state index in [1.54, 1.807) is 4.90 Å². The Morgan fingerprint density at radius 3 is 2.38 bits per heavy atom. The quantitative estimate of drug-likeness (QED) is 0.207. The van der Waals surface area contributed by atoms with E-state index in [-0.39, 0.29) is 30.1 Å². The van der Waals surface area contributed by atoms with E-state index in [9.17, 15) is 19.7 Å². The molecule has 8 heteroatoms. The summed E-state index contributed by atoms with van der Waals surface area (Å²) in [5.41, 5.74) is 4.95. The molecular weight excluding hydrogens is 492 g/mol. The number of amides is 2. The van der Waals surface area contributed by atoms with Crippen molar-refractivity contribution in [1.82, 2.24) is 9.47 Å². The van der Waals surface area contributed by atoms with Crippen molar-refractivity contribution in [3.8, 4) is 5.69 Å². The molecule has 39 heavy (non-hydrogen) atoms. The number of unbranched alkanes of at least 4 members (excludes halogenated alkanes) is 1. The maximum atomic E-state index is 14.2. The van der Waals surface area contributed by atoms with Crippen molar-refractivity contribution in [1.29, 1.82) is 0 Å². The Kier molecular flexibility index (Phi) is 7.27. The Bertz CT molecular complexity index is 1530. The number of fused-ring (bicyclic) bond motifs is 3. The summed E-state index contributed by atoms with van der Waals surface area (Å²) in [6.45, 7) is 4.34. The highest BCUT2D eigenvalue weighted by Crippen LogP contribution is 2.42. The minimum atomic E-state index is -0.498. The molecule has 1 atom stereocenters. The lowest BCUT2D eigenvalue weighted by atomic mass is 9.96. The number of rotatable bonds is 8. The Balaban J connectivity index is 1.53. The van der Waals surface area contributed by atoms with E-state index in [1.165, 1.54) is 24.3 Å². The predicted octanol–water partition coefficient (Wildman–Crippen LogP) is 6.07. The molecule has 3 aromatic carbocycles. The summed E-state index contributed by atoms with van der Waals surface area (Å²) in [7, 11) is 0. The normalized spacial score (nSPS) is 13.9. The number of aryl methyl sites for hydroxylation is 1. The second-order valence-corrected chi connectivity index (χ2v) is 9.76. The highest BCUT2D eigenvalue weighted by atomic mass is 16.6. The molecule has 0 bridgehead atoms. The highest BCUT2D eigenvalue weighted by Gasteiger charge is 2.37. The van der Waals surface area contributed by atoms with Crippen LogP contribution in [0.15, 0.2) is 91.1 Å². The summed E-state index contributed by atoms with van der Waals surface area (Å²) in [5.74, 6) is -0.528. The van der Waals surface area contributed by atoms with Crippen LogP contribution in [0.3, 0.4) is 0 Å². The van der Waals surface area contributed by atoms with Crippen molar-refractivity contribution in [2.24, 2.45) is 0 Å². The van der Waals surface area contributed by atoms with Crippen molar-refractivity contribution in [2.45, 2.75) is 32.7 Å². The lowest BCUT2D eigenvalue weighted by Crippen LogP contribution is -2.47. The summed E-state index contributed by atoms with van der Waals surface area (Å²) >= 11 is 0. The van der Waals surface area contributed by atoms with Crippen LogP contribution in [0.5, 0.6) is 0 Å². The van der Waals surface area contributed by atoms with Gasteiger partial charge in [0, 0.05) is 30.4 Å². The van der Waals surface area contributed by atoms with Gasteiger partial charge in [-0.05, 0) is 55.3 Å². The molecular formula is C31H30N4O4. The van der Waals surface area contributed by atoms with Crippen LogP contribution in [0.1, 0.15) is 53.0 Å². The maximum Gasteiger partial charge on any atom is 0.269 e.